The van der Waals surface area contributed by atoms with Crippen LogP contribution >= 0.6 is 0 Å². The number of ketones is 1. The maximum atomic E-state index is 12.5. The molecule has 4 nitrogen and oxygen atoms in total. The monoisotopic (exact) mass is 300 g/mol. The summed E-state index contributed by atoms with van der Waals surface area (Å²) in [7, 11) is 1.97. The Labute approximate surface area is 131 Å². The highest BCUT2D eigenvalue weighted by atomic mass is 16.3. The first-order chi connectivity index (χ1) is 10.6. The minimum atomic E-state index is -0.209. The molecular weight excluding hydrogens is 276 g/mol. The molecule has 1 fully saturated rings. The van der Waals surface area contributed by atoms with Crippen LogP contribution in [0.15, 0.2) is 30.5 Å². The third-order valence-electron chi connectivity index (χ3n) is 4.72. The highest BCUT2D eigenvalue weighted by Crippen LogP contribution is 2.25. The molecule has 4 heteroatoms. The lowest BCUT2D eigenvalue weighted by Crippen LogP contribution is -2.37. The van der Waals surface area contributed by atoms with Crippen molar-refractivity contribution < 1.29 is 9.90 Å². The fourth-order valence-corrected chi connectivity index (χ4v) is 3.50. The highest BCUT2D eigenvalue weighted by Gasteiger charge is 2.25. The number of nitrogens with one attached hydrogen (secondary N) is 1. The molecule has 22 heavy (non-hydrogen) atoms. The van der Waals surface area contributed by atoms with E-state index in [1.54, 1.807) is 6.20 Å². The first-order valence-electron chi connectivity index (χ1n) is 8.11. The quantitative estimate of drug-likeness (QED) is 0.835. The fourth-order valence-electron chi connectivity index (χ4n) is 3.50. The molecule has 2 aromatic rings. The average Bonchev–Trinajstić information content (AvgIpc) is 2.93. The van der Waals surface area contributed by atoms with Crippen molar-refractivity contribution in [3.05, 3.63) is 36.0 Å². The molecule has 2 unspecified atom stereocenters. The van der Waals surface area contributed by atoms with Gasteiger partial charge < -0.3 is 10.1 Å². The number of nitrogens with zero attached hydrogens (tertiary/aromatic N) is 1. The summed E-state index contributed by atoms with van der Waals surface area (Å²) in [5, 5.41) is 11.0. The number of likely N-dealkylation sites (N-methyl/N-ethyl adjacent to an activating group) is 1. The summed E-state index contributed by atoms with van der Waals surface area (Å²) >= 11 is 0. The minimum absolute atomic E-state index is 0.130. The molecule has 0 saturated heterocycles. The molecule has 2 atom stereocenters. The number of hydrogen-bond acceptors (Lipinski definition) is 3. The highest BCUT2D eigenvalue weighted by molar-refractivity contribution is 6.08. The van der Waals surface area contributed by atoms with Gasteiger partial charge in [-0.3, -0.25) is 9.69 Å². The van der Waals surface area contributed by atoms with Gasteiger partial charge in [-0.25, -0.2) is 0 Å². The second-order valence-corrected chi connectivity index (χ2v) is 6.48. The van der Waals surface area contributed by atoms with Gasteiger partial charge in [0, 0.05) is 29.2 Å². The Morgan fingerprint density at radius 3 is 2.91 bits per heavy atom. The standard InChI is InChI=1S/C18H24N2O2/c1-20(11-13-6-2-5-9-17(13)21)12-18(22)15-10-19-16-8-4-3-7-14(15)16/h3-4,7-8,10,13,17,19,21H,2,5-6,9,11-12H2,1H3. The van der Waals surface area contributed by atoms with Crippen LogP contribution in [-0.4, -0.2) is 47.0 Å². The van der Waals surface area contributed by atoms with Gasteiger partial charge in [0.05, 0.1) is 12.6 Å². The zero-order chi connectivity index (χ0) is 15.5. The lowest BCUT2D eigenvalue weighted by atomic mass is 9.86. The van der Waals surface area contributed by atoms with Crippen molar-refractivity contribution >= 4 is 16.7 Å². The van der Waals surface area contributed by atoms with E-state index in [2.05, 4.69) is 4.98 Å². The SMILES string of the molecule is CN(CC(=O)c1c[nH]c2ccccc12)CC1CCCCC1O. The summed E-state index contributed by atoms with van der Waals surface area (Å²) in [6.07, 6.45) is 5.86. The van der Waals surface area contributed by atoms with E-state index in [1.807, 2.05) is 36.2 Å². The van der Waals surface area contributed by atoms with Crippen LogP contribution in [0, 0.1) is 5.92 Å². The lowest BCUT2D eigenvalue weighted by molar-refractivity contribution is 0.0502. The molecule has 1 aromatic carbocycles. The van der Waals surface area contributed by atoms with E-state index in [4.69, 9.17) is 0 Å². The number of benzene rings is 1. The predicted molar refractivity (Wildman–Crippen MR) is 88.1 cm³/mol. The molecule has 1 aliphatic rings. The molecule has 1 aliphatic carbocycles. The molecule has 118 valence electrons. The number of H-pyrrole nitrogens is 1. The molecule has 0 radical (unpaired) electrons. The normalized spacial score (nSPS) is 22.3. The first-order valence-corrected chi connectivity index (χ1v) is 8.11. The Bertz CT molecular complexity index is 649. The van der Waals surface area contributed by atoms with Crippen LogP contribution in [-0.2, 0) is 0 Å². The molecule has 0 spiro atoms. The lowest BCUT2D eigenvalue weighted by Gasteiger charge is -2.30. The summed E-state index contributed by atoms with van der Waals surface area (Å²) in [5.74, 6) is 0.430. The van der Waals surface area contributed by atoms with Crippen LogP contribution < -0.4 is 0 Å². The van der Waals surface area contributed by atoms with Gasteiger partial charge in [0.15, 0.2) is 5.78 Å². The number of aliphatic hydroxyl groups is 1. The van der Waals surface area contributed by atoms with Crippen LogP contribution in [0.1, 0.15) is 36.0 Å². The van der Waals surface area contributed by atoms with Crippen LogP contribution in [0.5, 0.6) is 0 Å². The Kier molecular flexibility index (Phi) is 4.60. The Morgan fingerprint density at radius 2 is 2.09 bits per heavy atom. The smallest absolute Gasteiger partial charge is 0.178 e. The van der Waals surface area contributed by atoms with E-state index in [0.29, 0.717) is 12.5 Å². The third kappa shape index (κ3) is 3.23. The number of hydrogen-bond donors (Lipinski definition) is 2. The van der Waals surface area contributed by atoms with E-state index in [0.717, 1.165) is 42.3 Å². The van der Waals surface area contributed by atoms with Crippen LogP contribution in [0.3, 0.4) is 0 Å². The van der Waals surface area contributed by atoms with Crippen molar-refractivity contribution in [2.24, 2.45) is 5.92 Å². The van der Waals surface area contributed by atoms with Crippen LogP contribution in [0.4, 0.5) is 0 Å². The van der Waals surface area contributed by atoms with Gasteiger partial charge in [-0.1, -0.05) is 31.0 Å². The Morgan fingerprint density at radius 1 is 1.32 bits per heavy atom. The van der Waals surface area contributed by atoms with Gasteiger partial charge in [0.2, 0.25) is 0 Å². The zero-order valence-electron chi connectivity index (χ0n) is 13.1. The Balaban J connectivity index is 1.63. The van der Waals surface area contributed by atoms with Crippen molar-refractivity contribution in [2.45, 2.75) is 31.8 Å². The number of aromatic nitrogens is 1. The molecule has 2 N–H and O–H groups in total. The molecule has 1 heterocycles. The Hall–Kier alpha value is -1.65. The minimum Gasteiger partial charge on any atom is -0.393 e. The number of carbonyl (C=O) groups excluding carboxylic acids is 1. The van der Waals surface area contributed by atoms with Gasteiger partial charge in [0.25, 0.3) is 0 Å². The van der Waals surface area contributed by atoms with E-state index in [-0.39, 0.29) is 11.9 Å². The number of aliphatic hydroxyl groups excluding tert-OH is 1. The van der Waals surface area contributed by atoms with E-state index >= 15 is 0 Å². The molecule has 3 rings (SSSR count). The average molecular weight is 300 g/mol. The first kappa shape index (κ1) is 15.3. The van der Waals surface area contributed by atoms with E-state index < -0.39 is 0 Å². The summed E-state index contributed by atoms with van der Waals surface area (Å²) < 4.78 is 0. The second kappa shape index (κ2) is 6.63. The van der Waals surface area contributed by atoms with Crippen molar-refractivity contribution in [3.8, 4) is 0 Å². The van der Waals surface area contributed by atoms with E-state index in [1.165, 1.54) is 6.42 Å². The summed E-state index contributed by atoms with van der Waals surface area (Å²) in [6.45, 7) is 1.18. The third-order valence-corrected chi connectivity index (χ3v) is 4.72. The van der Waals surface area contributed by atoms with Gasteiger partial charge in [-0.05, 0) is 31.9 Å². The van der Waals surface area contributed by atoms with Gasteiger partial charge >= 0.3 is 0 Å². The van der Waals surface area contributed by atoms with Gasteiger partial charge in [-0.15, -0.1) is 0 Å². The fraction of sp³-hybridized carbons (Fsp3) is 0.500. The van der Waals surface area contributed by atoms with Crippen molar-refractivity contribution in [3.63, 3.8) is 0 Å². The van der Waals surface area contributed by atoms with Crippen molar-refractivity contribution in [1.29, 1.82) is 0 Å². The van der Waals surface area contributed by atoms with Crippen molar-refractivity contribution in [1.82, 2.24) is 9.88 Å². The van der Waals surface area contributed by atoms with E-state index in [9.17, 15) is 9.90 Å². The molecule has 1 saturated carbocycles. The van der Waals surface area contributed by atoms with Crippen LogP contribution in [0.25, 0.3) is 10.9 Å². The summed E-state index contributed by atoms with van der Waals surface area (Å²) in [4.78, 5) is 17.7. The maximum Gasteiger partial charge on any atom is 0.178 e. The molecule has 0 amide bonds. The topological polar surface area (TPSA) is 56.3 Å². The molecule has 1 aromatic heterocycles. The van der Waals surface area contributed by atoms with Gasteiger partial charge in [0.1, 0.15) is 0 Å². The number of carbonyl (C=O) groups is 1. The molecule has 0 aliphatic heterocycles. The summed E-state index contributed by atoms with van der Waals surface area (Å²) in [6, 6.07) is 7.87. The predicted octanol–water partition coefficient (Wildman–Crippen LogP) is 2.83. The van der Waals surface area contributed by atoms with Crippen LogP contribution in [0.2, 0.25) is 0 Å². The number of para-hydroxylation sites is 1. The molecular formula is C18H24N2O2. The number of aromatic amines is 1. The summed E-state index contributed by atoms with van der Waals surface area (Å²) in [5.41, 5.74) is 1.75. The second-order valence-electron chi connectivity index (χ2n) is 6.48. The molecule has 0 bridgehead atoms. The number of rotatable bonds is 5. The largest absolute Gasteiger partial charge is 0.393 e. The zero-order valence-corrected chi connectivity index (χ0v) is 13.1. The maximum absolute atomic E-state index is 12.5. The van der Waals surface area contributed by atoms with Gasteiger partial charge in [-0.2, -0.15) is 0 Å². The number of Topliss-reactive ketones (excluding diaryl/α,β-unsaturated/α-hetero) is 1. The van der Waals surface area contributed by atoms with Crippen molar-refractivity contribution in [2.75, 3.05) is 20.1 Å². The number of fused-ring (bicyclic) bond motifs is 1.